The number of hydrogen-bond donors (Lipinski definition) is 1. The van der Waals surface area contributed by atoms with Crippen molar-refractivity contribution < 1.29 is 9.47 Å². The van der Waals surface area contributed by atoms with E-state index in [9.17, 15) is 0 Å². The smallest absolute Gasteiger partial charge is 0.138 e. The number of aromatic nitrogens is 2. The van der Waals surface area contributed by atoms with Gasteiger partial charge in [0.15, 0.2) is 0 Å². The van der Waals surface area contributed by atoms with Gasteiger partial charge in [0, 0.05) is 24.8 Å². The molecule has 2 aromatic rings. The Bertz CT molecular complexity index is 503. The van der Waals surface area contributed by atoms with Crippen LogP contribution in [0.3, 0.4) is 0 Å². The van der Waals surface area contributed by atoms with Crippen LogP contribution >= 0.6 is 0 Å². The van der Waals surface area contributed by atoms with Gasteiger partial charge in [-0.2, -0.15) is 0 Å². The molecule has 0 atom stereocenters. The fourth-order valence-corrected chi connectivity index (χ4v) is 2.38. The third-order valence-electron chi connectivity index (χ3n) is 3.51. The highest BCUT2D eigenvalue weighted by molar-refractivity contribution is 5.76. The summed E-state index contributed by atoms with van der Waals surface area (Å²) in [6.45, 7) is 2.57. The van der Waals surface area contributed by atoms with Crippen molar-refractivity contribution in [3.63, 3.8) is 0 Å². The third kappa shape index (κ3) is 2.64. The maximum Gasteiger partial charge on any atom is 0.138 e. The Morgan fingerprint density at radius 2 is 2.28 bits per heavy atom. The van der Waals surface area contributed by atoms with Crippen LogP contribution in [0.2, 0.25) is 0 Å². The van der Waals surface area contributed by atoms with Crippen LogP contribution in [-0.2, 0) is 4.74 Å². The van der Waals surface area contributed by atoms with Gasteiger partial charge >= 0.3 is 0 Å². The minimum atomic E-state index is 0.752. The summed E-state index contributed by atoms with van der Waals surface area (Å²) < 4.78 is 11.1. The normalized spacial score (nSPS) is 17.1. The van der Waals surface area contributed by atoms with Crippen LogP contribution in [0.15, 0.2) is 24.5 Å². The molecule has 96 valence electrons. The van der Waals surface area contributed by atoms with Gasteiger partial charge in [0.2, 0.25) is 0 Å². The number of ether oxygens (including phenoxy) is 2. The highest BCUT2D eigenvalue weighted by Gasteiger charge is 2.13. The standard InChI is InChI=1S/C14H18N2O2/c1-5-15-14-12(1)9-13(10-16-14)18-8-4-11-2-6-17-7-3-11/h1,5,9-11H,2-4,6-8H2,(H,15,16). The highest BCUT2D eigenvalue weighted by Crippen LogP contribution is 2.20. The van der Waals surface area contributed by atoms with Crippen molar-refractivity contribution in [2.75, 3.05) is 19.8 Å². The van der Waals surface area contributed by atoms with E-state index in [0.717, 1.165) is 48.9 Å². The lowest BCUT2D eigenvalue weighted by Crippen LogP contribution is -2.17. The number of nitrogens with zero attached hydrogens (tertiary/aromatic N) is 1. The first-order valence-corrected chi connectivity index (χ1v) is 6.55. The van der Waals surface area contributed by atoms with Crippen LogP contribution < -0.4 is 4.74 Å². The van der Waals surface area contributed by atoms with Gasteiger partial charge in [-0.15, -0.1) is 0 Å². The second-order valence-electron chi connectivity index (χ2n) is 4.78. The van der Waals surface area contributed by atoms with Gasteiger partial charge in [0.1, 0.15) is 11.4 Å². The fraction of sp³-hybridized carbons (Fsp3) is 0.500. The van der Waals surface area contributed by atoms with Crippen LogP contribution in [0.5, 0.6) is 5.75 Å². The highest BCUT2D eigenvalue weighted by atomic mass is 16.5. The zero-order valence-electron chi connectivity index (χ0n) is 10.4. The van der Waals surface area contributed by atoms with E-state index in [1.165, 1.54) is 12.8 Å². The Morgan fingerprint density at radius 3 is 3.17 bits per heavy atom. The van der Waals surface area contributed by atoms with Gasteiger partial charge in [0.05, 0.1) is 12.8 Å². The first-order valence-electron chi connectivity index (χ1n) is 6.55. The van der Waals surface area contributed by atoms with Crippen molar-refractivity contribution in [2.45, 2.75) is 19.3 Å². The lowest BCUT2D eigenvalue weighted by Gasteiger charge is -2.21. The molecule has 1 saturated heterocycles. The number of hydrogen-bond acceptors (Lipinski definition) is 3. The van der Waals surface area contributed by atoms with E-state index >= 15 is 0 Å². The second-order valence-corrected chi connectivity index (χ2v) is 4.78. The molecular weight excluding hydrogens is 228 g/mol. The lowest BCUT2D eigenvalue weighted by atomic mass is 9.97. The largest absolute Gasteiger partial charge is 0.492 e. The number of aromatic amines is 1. The molecular formula is C14H18N2O2. The number of rotatable bonds is 4. The zero-order chi connectivity index (χ0) is 12.2. The molecule has 0 saturated carbocycles. The molecule has 0 aliphatic carbocycles. The van der Waals surface area contributed by atoms with Gasteiger partial charge in [-0.1, -0.05) is 0 Å². The van der Waals surface area contributed by atoms with E-state index in [4.69, 9.17) is 9.47 Å². The van der Waals surface area contributed by atoms with Crippen LogP contribution in [0, 0.1) is 5.92 Å². The van der Waals surface area contributed by atoms with Gasteiger partial charge in [-0.05, 0) is 37.3 Å². The number of nitrogens with one attached hydrogen (secondary N) is 1. The molecule has 1 aliphatic rings. The summed E-state index contributed by atoms with van der Waals surface area (Å²) in [4.78, 5) is 7.38. The van der Waals surface area contributed by atoms with E-state index in [-0.39, 0.29) is 0 Å². The molecule has 3 heterocycles. The molecule has 1 N–H and O–H groups in total. The summed E-state index contributed by atoms with van der Waals surface area (Å²) in [5.74, 6) is 1.61. The third-order valence-corrected chi connectivity index (χ3v) is 3.51. The predicted octanol–water partition coefficient (Wildman–Crippen LogP) is 2.76. The summed E-state index contributed by atoms with van der Waals surface area (Å²) in [5, 5.41) is 1.10. The number of pyridine rings is 1. The minimum Gasteiger partial charge on any atom is -0.492 e. The summed E-state index contributed by atoms with van der Waals surface area (Å²) in [7, 11) is 0. The van der Waals surface area contributed by atoms with Crippen LogP contribution in [-0.4, -0.2) is 29.8 Å². The molecule has 4 heteroatoms. The van der Waals surface area contributed by atoms with E-state index in [0.29, 0.717) is 0 Å². The van der Waals surface area contributed by atoms with Crippen molar-refractivity contribution in [2.24, 2.45) is 5.92 Å². The SMILES string of the molecule is c1cc2cc(OCCC3CCOCC3)cnc2[nH]1. The quantitative estimate of drug-likeness (QED) is 0.902. The Morgan fingerprint density at radius 1 is 1.39 bits per heavy atom. The van der Waals surface area contributed by atoms with Gasteiger partial charge in [-0.25, -0.2) is 4.98 Å². The van der Waals surface area contributed by atoms with Crippen LogP contribution in [0.1, 0.15) is 19.3 Å². The first kappa shape index (κ1) is 11.5. The molecule has 0 bridgehead atoms. The minimum absolute atomic E-state index is 0.752. The molecule has 0 amide bonds. The predicted molar refractivity (Wildman–Crippen MR) is 69.7 cm³/mol. The first-order chi connectivity index (χ1) is 8.92. The maximum absolute atomic E-state index is 5.77. The second kappa shape index (κ2) is 5.40. The summed E-state index contributed by atoms with van der Waals surface area (Å²) >= 11 is 0. The van der Waals surface area contributed by atoms with E-state index in [1.54, 1.807) is 6.20 Å². The van der Waals surface area contributed by atoms with Crippen molar-refractivity contribution in [1.29, 1.82) is 0 Å². The van der Waals surface area contributed by atoms with Crippen LogP contribution in [0.25, 0.3) is 11.0 Å². The van der Waals surface area contributed by atoms with Crippen molar-refractivity contribution in [1.82, 2.24) is 9.97 Å². The van der Waals surface area contributed by atoms with Crippen molar-refractivity contribution in [3.05, 3.63) is 24.5 Å². The Hall–Kier alpha value is -1.55. The van der Waals surface area contributed by atoms with Gasteiger partial charge < -0.3 is 14.5 Å². The Kier molecular flexibility index (Phi) is 3.46. The summed E-state index contributed by atoms with van der Waals surface area (Å²) in [5.41, 5.74) is 0.909. The molecule has 0 spiro atoms. The van der Waals surface area contributed by atoms with Gasteiger partial charge in [0.25, 0.3) is 0 Å². The zero-order valence-corrected chi connectivity index (χ0v) is 10.4. The number of fused-ring (bicyclic) bond motifs is 1. The molecule has 1 aliphatic heterocycles. The molecule has 0 radical (unpaired) electrons. The average molecular weight is 246 g/mol. The Labute approximate surface area is 106 Å². The monoisotopic (exact) mass is 246 g/mol. The van der Waals surface area contributed by atoms with E-state index < -0.39 is 0 Å². The molecule has 2 aromatic heterocycles. The summed E-state index contributed by atoms with van der Waals surface area (Å²) in [6.07, 6.45) is 7.11. The Balaban J connectivity index is 1.52. The van der Waals surface area contributed by atoms with Crippen molar-refractivity contribution in [3.8, 4) is 5.75 Å². The van der Waals surface area contributed by atoms with Crippen molar-refractivity contribution >= 4 is 11.0 Å². The molecule has 0 unspecified atom stereocenters. The van der Waals surface area contributed by atoms with E-state index in [1.807, 2.05) is 18.3 Å². The fourth-order valence-electron chi connectivity index (χ4n) is 2.38. The maximum atomic E-state index is 5.77. The topological polar surface area (TPSA) is 47.1 Å². The van der Waals surface area contributed by atoms with E-state index in [2.05, 4.69) is 9.97 Å². The number of H-pyrrole nitrogens is 1. The summed E-state index contributed by atoms with van der Waals surface area (Å²) in [6, 6.07) is 4.04. The molecule has 0 aromatic carbocycles. The van der Waals surface area contributed by atoms with Crippen LogP contribution in [0.4, 0.5) is 0 Å². The molecule has 3 rings (SSSR count). The molecule has 1 fully saturated rings. The molecule has 18 heavy (non-hydrogen) atoms. The van der Waals surface area contributed by atoms with Gasteiger partial charge in [-0.3, -0.25) is 0 Å². The lowest BCUT2D eigenvalue weighted by molar-refractivity contribution is 0.0593. The average Bonchev–Trinajstić information content (AvgIpc) is 2.87. The molecule has 4 nitrogen and oxygen atoms in total.